The van der Waals surface area contributed by atoms with E-state index in [0.29, 0.717) is 10.2 Å². The Kier molecular flexibility index (Phi) is 4.49. The normalized spacial score (nSPS) is 12.2. The minimum absolute atomic E-state index is 0.211. The number of aromatic hydroxyl groups is 1. The van der Waals surface area contributed by atoms with Crippen LogP contribution in [0.3, 0.4) is 0 Å². The van der Waals surface area contributed by atoms with Crippen molar-refractivity contribution < 1.29 is 5.11 Å². The summed E-state index contributed by atoms with van der Waals surface area (Å²) in [7, 11) is 0. The van der Waals surface area contributed by atoms with E-state index < -0.39 is 0 Å². The first kappa shape index (κ1) is 16.8. The lowest BCUT2D eigenvalue weighted by molar-refractivity contribution is 0.468. The largest absolute Gasteiger partial charge is 0.508 e. The number of hydrogen-bond acceptors (Lipinski definition) is 5. The van der Waals surface area contributed by atoms with Gasteiger partial charge in [0.2, 0.25) is 5.13 Å². The van der Waals surface area contributed by atoms with Crippen LogP contribution in [0.2, 0.25) is 5.02 Å². The SMILES string of the molecule is Cc1nnc(NC(c2ccccc2Cl)c2c(O)ccc3ccccc23)s1. The highest BCUT2D eigenvalue weighted by atomic mass is 35.5. The summed E-state index contributed by atoms with van der Waals surface area (Å²) in [6.45, 7) is 1.91. The van der Waals surface area contributed by atoms with Gasteiger partial charge < -0.3 is 10.4 Å². The van der Waals surface area contributed by atoms with Crippen molar-refractivity contribution in [2.45, 2.75) is 13.0 Å². The van der Waals surface area contributed by atoms with Gasteiger partial charge in [0.25, 0.3) is 0 Å². The second-order valence-corrected chi connectivity index (χ2v) is 7.53. The lowest BCUT2D eigenvalue weighted by atomic mass is 9.93. The van der Waals surface area contributed by atoms with Gasteiger partial charge in [-0.05, 0) is 35.4 Å². The quantitative estimate of drug-likeness (QED) is 0.485. The Morgan fingerprint density at radius 2 is 1.77 bits per heavy atom. The number of fused-ring (bicyclic) bond motifs is 1. The zero-order valence-corrected chi connectivity index (χ0v) is 15.6. The molecule has 4 rings (SSSR count). The van der Waals surface area contributed by atoms with Gasteiger partial charge in [-0.25, -0.2) is 0 Å². The molecule has 0 aliphatic carbocycles. The topological polar surface area (TPSA) is 58.0 Å². The Morgan fingerprint density at radius 1 is 1.00 bits per heavy atom. The van der Waals surface area contributed by atoms with Crippen molar-refractivity contribution in [2.24, 2.45) is 0 Å². The molecule has 26 heavy (non-hydrogen) atoms. The minimum atomic E-state index is -0.359. The first-order valence-electron chi connectivity index (χ1n) is 8.15. The van der Waals surface area contributed by atoms with E-state index in [0.717, 1.165) is 26.9 Å². The van der Waals surface area contributed by atoms with Gasteiger partial charge >= 0.3 is 0 Å². The van der Waals surface area contributed by atoms with E-state index in [1.807, 2.05) is 61.5 Å². The fourth-order valence-electron chi connectivity index (χ4n) is 3.08. The van der Waals surface area contributed by atoms with Crippen molar-refractivity contribution in [3.63, 3.8) is 0 Å². The van der Waals surface area contributed by atoms with Crippen molar-refractivity contribution in [1.29, 1.82) is 0 Å². The summed E-state index contributed by atoms with van der Waals surface area (Å²) in [5, 5.41) is 26.5. The summed E-state index contributed by atoms with van der Waals surface area (Å²) >= 11 is 7.95. The number of benzene rings is 3. The number of nitrogens with zero attached hydrogens (tertiary/aromatic N) is 2. The van der Waals surface area contributed by atoms with Crippen LogP contribution in [0.4, 0.5) is 5.13 Å². The van der Waals surface area contributed by atoms with E-state index in [-0.39, 0.29) is 11.8 Å². The van der Waals surface area contributed by atoms with E-state index in [4.69, 9.17) is 11.6 Å². The lowest BCUT2D eigenvalue weighted by Crippen LogP contribution is -2.13. The molecule has 4 nitrogen and oxygen atoms in total. The average Bonchev–Trinajstić information content (AvgIpc) is 3.06. The van der Waals surface area contributed by atoms with E-state index >= 15 is 0 Å². The van der Waals surface area contributed by atoms with Crippen molar-refractivity contribution >= 4 is 38.8 Å². The third-order valence-electron chi connectivity index (χ3n) is 4.25. The van der Waals surface area contributed by atoms with Crippen LogP contribution in [0.5, 0.6) is 5.75 Å². The number of nitrogens with one attached hydrogen (secondary N) is 1. The van der Waals surface area contributed by atoms with Crippen LogP contribution in [0.25, 0.3) is 10.8 Å². The summed E-state index contributed by atoms with van der Waals surface area (Å²) in [6.07, 6.45) is 0. The Morgan fingerprint density at radius 3 is 2.54 bits per heavy atom. The molecule has 0 aliphatic rings. The number of aryl methyl sites for hydroxylation is 1. The van der Waals surface area contributed by atoms with Crippen LogP contribution in [0, 0.1) is 6.92 Å². The van der Waals surface area contributed by atoms with E-state index in [1.54, 1.807) is 6.07 Å². The smallest absolute Gasteiger partial charge is 0.206 e. The van der Waals surface area contributed by atoms with Gasteiger partial charge in [-0.15, -0.1) is 10.2 Å². The fourth-order valence-corrected chi connectivity index (χ4v) is 3.95. The molecule has 0 aliphatic heterocycles. The number of aromatic nitrogens is 2. The molecule has 0 saturated carbocycles. The highest BCUT2D eigenvalue weighted by Gasteiger charge is 2.23. The number of phenols is 1. The number of halogens is 1. The van der Waals surface area contributed by atoms with Gasteiger partial charge in [-0.1, -0.05) is 71.5 Å². The van der Waals surface area contributed by atoms with Crippen LogP contribution in [-0.2, 0) is 0 Å². The predicted octanol–water partition coefficient (Wildman–Crippen LogP) is 5.56. The predicted molar refractivity (Wildman–Crippen MR) is 107 cm³/mol. The summed E-state index contributed by atoms with van der Waals surface area (Å²) in [6, 6.07) is 18.9. The third kappa shape index (κ3) is 3.11. The van der Waals surface area contributed by atoms with Crippen molar-refractivity contribution in [3.8, 4) is 5.75 Å². The Labute approximate surface area is 160 Å². The van der Waals surface area contributed by atoms with Crippen LogP contribution < -0.4 is 5.32 Å². The van der Waals surface area contributed by atoms with Crippen LogP contribution in [0.15, 0.2) is 60.7 Å². The molecule has 1 heterocycles. The molecule has 2 N–H and O–H groups in total. The first-order chi connectivity index (χ1) is 12.6. The van der Waals surface area contributed by atoms with E-state index in [2.05, 4.69) is 15.5 Å². The molecule has 0 amide bonds. The second-order valence-electron chi connectivity index (χ2n) is 5.94. The number of phenolic OH excluding ortho intramolecular Hbond substituents is 1. The molecule has 3 aromatic carbocycles. The molecule has 130 valence electrons. The van der Waals surface area contributed by atoms with Crippen LogP contribution in [-0.4, -0.2) is 15.3 Å². The number of rotatable bonds is 4. The maximum atomic E-state index is 10.7. The van der Waals surface area contributed by atoms with Gasteiger partial charge in [0.05, 0.1) is 6.04 Å². The van der Waals surface area contributed by atoms with Gasteiger partial charge in [0.15, 0.2) is 0 Å². The van der Waals surface area contributed by atoms with E-state index in [9.17, 15) is 5.11 Å². The molecule has 1 unspecified atom stereocenters. The van der Waals surface area contributed by atoms with Crippen molar-refractivity contribution in [2.75, 3.05) is 5.32 Å². The van der Waals surface area contributed by atoms with Crippen molar-refractivity contribution in [3.05, 3.63) is 81.8 Å². The Hall–Kier alpha value is -2.63. The molecular formula is C20H16ClN3OS. The zero-order valence-electron chi connectivity index (χ0n) is 14.0. The Bertz CT molecular complexity index is 1080. The minimum Gasteiger partial charge on any atom is -0.508 e. The third-order valence-corrected chi connectivity index (χ3v) is 5.36. The van der Waals surface area contributed by atoms with E-state index in [1.165, 1.54) is 11.3 Å². The van der Waals surface area contributed by atoms with Gasteiger partial charge in [-0.3, -0.25) is 0 Å². The first-order valence-corrected chi connectivity index (χ1v) is 9.34. The molecule has 0 fully saturated rings. The molecule has 1 atom stereocenters. The highest BCUT2D eigenvalue weighted by Crippen LogP contribution is 2.40. The molecule has 0 bridgehead atoms. The maximum Gasteiger partial charge on any atom is 0.206 e. The molecule has 6 heteroatoms. The standard InChI is InChI=1S/C20H16ClN3OS/c1-12-23-24-20(26-12)22-19(15-8-4-5-9-16(15)21)18-14-7-3-2-6-13(14)10-11-17(18)25/h2-11,19,25H,1H3,(H,22,24). The van der Waals surface area contributed by atoms with Crippen LogP contribution in [0.1, 0.15) is 22.2 Å². The monoisotopic (exact) mass is 381 g/mol. The lowest BCUT2D eigenvalue weighted by Gasteiger charge is -2.23. The highest BCUT2D eigenvalue weighted by molar-refractivity contribution is 7.15. The maximum absolute atomic E-state index is 10.7. The molecular weight excluding hydrogens is 366 g/mol. The molecule has 0 saturated heterocycles. The molecule has 0 radical (unpaired) electrons. The molecule has 4 aromatic rings. The summed E-state index contributed by atoms with van der Waals surface area (Å²) in [5.41, 5.74) is 1.64. The fraction of sp³-hybridized carbons (Fsp3) is 0.100. The van der Waals surface area contributed by atoms with Gasteiger partial charge in [-0.2, -0.15) is 0 Å². The van der Waals surface area contributed by atoms with Gasteiger partial charge in [0, 0.05) is 10.6 Å². The van der Waals surface area contributed by atoms with Crippen LogP contribution >= 0.6 is 22.9 Å². The van der Waals surface area contributed by atoms with Crippen molar-refractivity contribution in [1.82, 2.24) is 10.2 Å². The average molecular weight is 382 g/mol. The summed E-state index contributed by atoms with van der Waals surface area (Å²) in [5.74, 6) is 0.211. The summed E-state index contributed by atoms with van der Waals surface area (Å²) < 4.78 is 0. The zero-order chi connectivity index (χ0) is 18.1. The number of anilines is 1. The Balaban J connectivity index is 1.94. The summed E-state index contributed by atoms with van der Waals surface area (Å²) in [4.78, 5) is 0. The molecule has 1 aromatic heterocycles. The molecule has 0 spiro atoms. The number of hydrogen-bond donors (Lipinski definition) is 2. The van der Waals surface area contributed by atoms with Gasteiger partial charge in [0.1, 0.15) is 10.8 Å². The second kappa shape index (κ2) is 6.94.